The van der Waals surface area contributed by atoms with Crippen molar-refractivity contribution in [3.8, 4) is 0 Å². The van der Waals surface area contributed by atoms with E-state index < -0.39 is 0 Å². The lowest BCUT2D eigenvalue weighted by atomic mass is 9.43. The summed E-state index contributed by atoms with van der Waals surface area (Å²) in [5, 5.41) is 2.31. The minimum Gasteiger partial charge on any atom is -0.312 e. The van der Waals surface area contributed by atoms with Gasteiger partial charge in [0, 0.05) is 22.2 Å². The SMILES string of the molecule is CCN(C(=O)C12CCC(C(Br)Br)(C1Br)C2(C)C)c1cccc2ccccc12. The molecule has 0 N–H and O–H groups in total. The number of carbonyl (C=O) groups is 1. The van der Waals surface area contributed by atoms with Crippen LogP contribution in [0.25, 0.3) is 10.8 Å². The number of hydrogen-bond donors (Lipinski definition) is 0. The molecule has 0 spiro atoms. The summed E-state index contributed by atoms with van der Waals surface area (Å²) in [7, 11) is 0. The van der Waals surface area contributed by atoms with E-state index in [4.69, 9.17) is 0 Å². The number of amides is 1. The van der Waals surface area contributed by atoms with Gasteiger partial charge in [0.05, 0.1) is 14.8 Å². The van der Waals surface area contributed by atoms with Crippen LogP contribution < -0.4 is 4.90 Å². The minimum atomic E-state index is -0.375. The zero-order valence-corrected chi connectivity index (χ0v) is 20.6. The number of rotatable bonds is 4. The molecule has 0 saturated heterocycles. The Bertz CT molecular complexity index is 906. The number of benzene rings is 2. The van der Waals surface area contributed by atoms with E-state index in [1.54, 1.807) is 0 Å². The standard InChI is InChI=1S/C22H24Br3NO/c1-4-26(16-11-7-9-14-8-5-6-10-15(14)16)19(27)22-13-12-21(17(22)23,18(24)25)20(22,2)3/h5-11,17-18H,4,12-13H2,1-3H3. The predicted octanol–water partition coefficient (Wildman–Crippen LogP) is 6.88. The van der Waals surface area contributed by atoms with E-state index in [1.807, 2.05) is 17.0 Å². The summed E-state index contributed by atoms with van der Waals surface area (Å²) in [4.78, 5) is 16.2. The number of halogens is 3. The molecule has 0 aliphatic heterocycles. The first-order valence-corrected chi connectivity index (χ1v) is 12.2. The second-order valence-corrected chi connectivity index (χ2v) is 12.3. The van der Waals surface area contributed by atoms with Crippen molar-refractivity contribution in [1.29, 1.82) is 0 Å². The van der Waals surface area contributed by atoms with Gasteiger partial charge >= 0.3 is 0 Å². The van der Waals surface area contributed by atoms with Crippen molar-refractivity contribution < 1.29 is 4.79 Å². The zero-order chi connectivity index (χ0) is 19.6. The molecular weight excluding hydrogens is 534 g/mol. The maximum Gasteiger partial charge on any atom is 0.234 e. The summed E-state index contributed by atoms with van der Waals surface area (Å²) < 4.78 is 0.188. The highest BCUT2D eigenvalue weighted by Crippen LogP contribution is 2.82. The molecule has 144 valence electrons. The highest BCUT2D eigenvalue weighted by Gasteiger charge is 2.83. The van der Waals surface area contributed by atoms with Gasteiger partial charge in [-0.15, -0.1) is 0 Å². The maximum absolute atomic E-state index is 14.0. The average Bonchev–Trinajstić information content (AvgIpc) is 3.12. The van der Waals surface area contributed by atoms with Gasteiger partial charge in [-0.25, -0.2) is 0 Å². The van der Waals surface area contributed by atoms with Gasteiger partial charge in [-0.3, -0.25) is 4.79 Å². The van der Waals surface area contributed by atoms with E-state index in [0.29, 0.717) is 6.54 Å². The van der Waals surface area contributed by atoms with Gasteiger partial charge in [0.1, 0.15) is 0 Å². The summed E-state index contributed by atoms with van der Waals surface area (Å²) in [6, 6.07) is 14.5. The Morgan fingerprint density at radius 1 is 1.15 bits per heavy atom. The number of carbonyl (C=O) groups excluding carboxylic acids is 1. The van der Waals surface area contributed by atoms with Gasteiger partial charge < -0.3 is 4.90 Å². The molecule has 2 aromatic carbocycles. The summed E-state index contributed by atoms with van der Waals surface area (Å²) in [6.45, 7) is 7.28. The van der Waals surface area contributed by atoms with Crippen molar-refractivity contribution in [2.24, 2.45) is 16.2 Å². The molecule has 3 atom stereocenters. The van der Waals surface area contributed by atoms with E-state index in [2.05, 4.69) is 98.9 Å². The molecule has 2 nitrogen and oxygen atoms in total. The van der Waals surface area contributed by atoms with E-state index >= 15 is 0 Å². The summed E-state index contributed by atoms with van der Waals surface area (Å²) in [5.74, 6) is 0.252. The maximum atomic E-state index is 14.0. The highest BCUT2D eigenvalue weighted by atomic mass is 79.9. The first kappa shape index (κ1) is 19.9. The molecule has 2 aromatic rings. The number of nitrogens with zero attached hydrogens (tertiary/aromatic N) is 1. The van der Waals surface area contributed by atoms with Crippen molar-refractivity contribution >= 4 is 70.2 Å². The Labute approximate surface area is 186 Å². The third-order valence-electron chi connectivity index (χ3n) is 7.49. The van der Waals surface area contributed by atoms with E-state index in [1.165, 1.54) is 5.39 Å². The summed E-state index contributed by atoms with van der Waals surface area (Å²) >= 11 is 11.5. The van der Waals surface area contributed by atoms with Crippen LogP contribution >= 0.6 is 47.8 Å². The van der Waals surface area contributed by atoms with Gasteiger partial charge in [-0.1, -0.05) is 98.0 Å². The summed E-state index contributed by atoms with van der Waals surface area (Å²) in [5.41, 5.74) is 0.589. The Balaban J connectivity index is 1.80. The van der Waals surface area contributed by atoms with Crippen molar-refractivity contribution in [2.75, 3.05) is 11.4 Å². The third-order valence-corrected chi connectivity index (χ3v) is 10.7. The summed E-state index contributed by atoms with van der Waals surface area (Å²) in [6.07, 6.45) is 1.96. The van der Waals surface area contributed by atoms with Gasteiger partial charge in [0.25, 0.3) is 0 Å². The Hall–Kier alpha value is -0.390. The lowest BCUT2D eigenvalue weighted by molar-refractivity contribution is -0.158. The smallest absolute Gasteiger partial charge is 0.234 e. The Morgan fingerprint density at radius 3 is 2.41 bits per heavy atom. The van der Waals surface area contributed by atoms with Gasteiger partial charge in [-0.05, 0) is 36.6 Å². The second-order valence-electron chi connectivity index (χ2n) is 8.35. The molecule has 0 radical (unpaired) electrons. The molecule has 1 amide bonds. The van der Waals surface area contributed by atoms with E-state index in [0.717, 1.165) is 23.9 Å². The fraction of sp³-hybridized carbons (Fsp3) is 0.500. The predicted molar refractivity (Wildman–Crippen MR) is 124 cm³/mol. The van der Waals surface area contributed by atoms with Crippen LogP contribution in [0.3, 0.4) is 0 Å². The van der Waals surface area contributed by atoms with E-state index in [9.17, 15) is 4.79 Å². The fourth-order valence-electron chi connectivity index (χ4n) is 5.78. The Kier molecular flexibility index (Phi) is 4.84. The molecule has 3 unspecified atom stereocenters. The largest absolute Gasteiger partial charge is 0.312 e. The van der Waals surface area contributed by atoms with Crippen LogP contribution in [0.2, 0.25) is 0 Å². The highest BCUT2D eigenvalue weighted by molar-refractivity contribution is 9.24. The third kappa shape index (κ3) is 2.25. The number of hydrogen-bond acceptors (Lipinski definition) is 1. The molecule has 3 fully saturated rings. The average molecular weight is 558 g/mol. The van der Waals surface area contributed by atoms with Crippen LogP contribution in [0.5, 0.6) is 0 Å². The van der Waals surface area contributed by atoms with Crippen molar-refractivity contribution in [2.45, 2.75) is 42.2 Å². The molecule has 5 rings (SSSR count). The molecular formula is C22H24Br3NO. The molecule has 27 heavy (non-hydrogen) atoms. The number of alkyl halides is 3. The normalized spacial score (nSPS) is 31.1. The molecule has 3 aliphatic rings. The lowest BCUT2D eigenvalue weighted by Gasteiger charge is -2.66. The van der Waals surface area contributed by atoms with Gasteiger partial charge in [0.15, 0.2) is 0 Å². The van der Waals surface area contributed by atoms with Crippen molar-refractivity contribution in [3.05, 3.63) is 42.5 Å². The molecule has 3 aliphatic carbocycles. The fourth-order valence-corrected chi connectivity index (χ4v) is 10.7. The topological polar surface area (TPSA) is 20.3 Å². The van der Waals surface area contributed by atoms with Crippen LogP contribution in [0.4, 0.5) is 5.69 Å². The molecule has 5 heteroatoms. The van der Waals surface area contributed by atoms with Crippen LogP contribution in [-0.4, -0.2) is 21.0 Å². The lowest BCUT2D eigenvalue weighted by Crippen LogP contribution is -2.72. The quantitative estimate of drug-likeness (QED) is 0.375. The monoisotopic (exact) mass is 555 g/mol. The van der Waals surface area contributed by atoms with Gasteiger partial charge in [0.2, 0.25) is 5.91 Å². The zero-order valence-electron chi connectivity index (χ0n) is 15.8. The van der Waals surface area contributed by atoms with Crippen molar-refractivity contribution in [1.82, 2.24) is 0 Å². The van der Waals surface area contributed by atoms with Crippen LogP contribution in [-0.2, 0) is 4.79 Å². The molecule has 3 saturated carbocycles. The van der Waals surface area contributed by atoms with Crippen LogP contribution in [0.15, 0.2) is 42.5 Å². The first-order chi connectivity index (χ1) is 12.8. The Morgan fingerprint density at radius 2 is 1.81 bits per heavy atom. The minimum absolute atomic E-state index is 0.0425. The van der Waals surface area contributed by atoms with Crippen LogP contribution in [0.1, 0.15) is 33.6 Å². The first-order valence-electron chi connectivity index (χ1n) is 9.47. The molecule has 2 bridgehead atoms. The van der Waals surface area contributed by atoms with Gasteiger partial charge in [-0.2, -0.15) is 0 Å². The van der Waals surface area contributed by atoms with Crippen molar-refractivity contribution in [3.63, 3.8) is 0 Å². The second kappa shape index (κ2) is 6.56. The number of anilines is 1. The molecule has 0 heterocycles. The van der Waals surface area contributed by atoms with E-state index in [-0.39, 0.29) is 30.7 Å². The van der Waals surface area contributed by atoms with Crippen LogP contribution in [0, 0.1) is 16.2 Å². The molecule has 0 aromatic heterocycles. The number of fused-ring (bicyclic) bond motifs is 2.